The normalized spacial score (nSPS) is 29.7. The van der Waals surface area contributed by atoms with Gasteiger partial charge in [0.2, 0.25) is 5.91 Å². The van der Waals surface area contributed by atoms with Gasteiger partial charge in [-0.2, -0.15) is 0 Å². The molecule has 1 N–H and O–H groups in total. The van der Waals surface area contributed by atoms with E-state index in [-0.39, 0.29) is 11.4 Å². The molecule has 1 aromatic heterocycles. The summed E-state index contributed by atoms with van der Waals surface area (Å²) in [6.07, 6.45) is 4.87. The molecular formula is C21H27N3OS. The molecule has 3 atom stereocenters. The van der Waals surface area contributed by atoms with Gasteiger partial charge in [0.25, 0.3) is 0 Å². The zero-order valence-corrected chi connectivity index (χ0v) is 16.4. The summed E-state index contributed by atoms with van der Waals surface area (Å²) in [6, 6.07) is 11.4. The van der Waals surface area contributed by atoms with Crippen LogP contribution in [0.5, 0.6) is 0 Å². The third kappa shape index (κ3) is 3.30. The van der Waals surface area contributed by atoms with Gasteiger partial charge in [-0.1, -0.05) is 36.8 Å². The zero-order chi connectivity index (χ0) is 18.1. The molecule has 0 unspecified atom stereocenters. The number of carbonyl (C=O) groups excluding carboxylic acids is 1. The topological polar surface area (TPSA) is 45.2 Å². The number of benzene rings is 1. The van der Waals surface area contributed by atoms with Crippen LogP contribution in [0.25, 0.3) is 0 Å². The minimum Gasteiger partial charge on any atom is -0.349 e. The Bertz CT molecular complexity index is 775. The van der Waals surface area contributed by atoms with Crippen LogP contribution >= 0.6 is 11.3 Å². The number of amides is 1. The fourth-order valence-electron chi connectivity index (χ4n) is 4.71. The third-order valence-electron chi connectivity index (χ3n) is 6.07. The summed E-state index contributed by atoms with van der Waals surface area (Å²) in [5, 5.41) is 3.39. The quantitative estimate of drug-likeness (QED) is 0.881. The lowest BCUT2D eigenvalue weighted by atomic mass is 9.85. The van der Waals surface area contributed by atoms with E-state index in [1.165, 1.54) is 10.4 Å². The van der Waals surface area contributed by atoms with Gasteiger partial charge < -0.3 is 5.32 Å². The van der Waals surface area contributed by atoms with E-state index in [9.17, 15) is 4.79 Å². The van der Waals surface area contributed by atoms with Gasteiger partial charge in [0.05, 0.1) is 16.7 Å². The number of hydrogen-bond acceptors (Lipinski definition) is 4. The molecule has 1 amide bonds. The van der Waals surface area contributed by atoms with Crippen molar-refractivity contribution in [2.24, 2.45) is 0 Å². The predicted molar refractivity (Wildman–Crippen MR) is 105 cm³/mol. The first-order chi connectivity index (χ1) is 12.6. The summed E-state index contributed by atoms with van der Waals surface area (Å²) in [4.78, 5) is 20.8. The molecule has 2 saturated heterocycles. The number of nitrogens with zero attached hydrogens (tertiary/aromatic N) is 2. The van der Waals surface area contributed by atoms with E-state index in [0.717, 1.165) is 37.9 Å². The van der Waals surface area contributed by atoms with Gasteiger partial charge in [-0.25, -0.2) is 4.98 Å². The monoisotopic (exact) mass is 369 g/mol. The lowest BCUT2D eigenvalue weighted by molar-refractivity contribution is -0.123. The molecule has 0 radical (unpaired) electrons. The van der Waals surface area contributed by atoms with Gasteiger partial charge in [-0.3, -0.25) is 9.69 Å². The van der Waals surface area contributed by atoms with Crippen LogP contribution < -0.4 is 5.32 Å². The van der Waals surface area contributed by atoms with Gasteiger partial charge in [0.15, 0.2) is 0 Å². The van der Waals surface area contributed by atoms with Crippen LogP contribution in [0.2, 0.25) is 0 Å². The van der Waals surface area contributed by atoms with Crippen molar-refractivity contribution in [3.8, 4) is 0 Å². The molecule has 3 heterocycles. The maximum atomic E-state index is 12.4. The Labute approximate surface area is 159 Å². The second-order valence-electron chi connectivity index (χ2n) is 7.89. The number of likely N-dealkylation sites (tertiary alicyclic amines) is 1. The molecule has 4 rings (SSSR count). The van der Waals surface area contributed by atoms with E-state index in [4.69, 9.17) is 0 Å². The summed E-state index contributed by atoms with van der Waals surface area (Å²) in [5.74, 6) is 0.208. The average Bonchev–Trinajstić information content (AvgIpc) is 3.13. The Morgan fingerprint density at radius 3 is 2.85 bits per heavy atom. The molecule has 0 spiro atoms. The Morgan fingerprint density at radius 1 is 1.31 bits per heavy atom. The molecule has 2 aliphatic heterocycles. The molecule has 0 aliphatic carbocycles. The van der Waals surface area contributed by atoms with Crippen molar-refractivity contribution in [2.75, 3.05) is 0 Å². The Hall–Kier alpha value is -1.72. The van der Waals surface area contributed by atoms with Crippen molar-refractivity contribution in [3.63, 3.8) is 0 Å². The van der Waals surface area contributed by atoms with Crippen LogP contribution in [0.4, 0.5) is 0 Å². The van der Waals surface area contributed by atoms with Crippen molar-refractivity contribution >= 4 is 17.2 Å². The lowest BCUT2D eigenvalue weighted by Gasteiger charge is -2.38. The fraction of sp³-hybridized carbons (Fsp3) is 0.524. The molecule has 2 aliphatic rings. The summed E-state index contributed by atoms with van der Waals surface area (Å²) < 4.78 is 0. The van der Waals surface area contributed by atoms with E-state index < -0.39 is 0 Å². The van der Waals surface area contributed by atoms with E-state index in [2.05, 4.69) is 59.4 Å². The largest absolute Gasteiger partial charge is 0.349 e. The number of fused-ring (bicyclic) bond motifs is 1. The van der Waals surface area contributed by atoms with Crippen LogP contribution in [-0.2, 0) is 11.3 Å². The smallest absolute Gasteiger partial charge is 0.220 e. The van der Waals surface area contributed by atoms with Crippen molar-refractivity contribution in [1.29, 1.82) is 0 Å². The molecule has 1 aromatic carbocycles. The lowest BCUT2D eigenvalue weighted by Crippen LogP contribution is -2.55. The number of thiazole rings is 1. The first-order valence-electron chi connectivity index (χ1n) is 9.57. The first-order valence-corrected chi connectivity index (χ1v) is 10.5. The van der Waals surface area contributed by atoms with Crippen LogP contribution in [0.3, 0.4) is 0 Å². The number of rotatable bonds is 3. The van der Waals surface area contributed by atoms with Gasteiger partial charge in [0.1, 0.15) is 0 Å². The van der Waals surface area contributed by atoms with Crippen LogP contribution in [0.15, 0.2) is 35.8 Å². The minimum atomic E-state index is -0.170. The molecule has 26 heavy (non-hydrogen) atoms. The van der Waals surface area contributed by atoms with Crippen molar-refractivity contribution < 1.29 is 4.79 Å². The SMILES string of the molecule is Cc1ncsc1CN1[C@H]2CCCCC(=O)N[C@@]2(C)C[C@H]1c1ccccc1. The van der Waals surface area contributed by atoms with Crippen LogP contribution in [0.1, 0.15) is 61.2 Å². The van der Waals surface area contributed by atoms with E-state index in [0.29, 0.717) is 18.5 Å². The van der Waals surface area contributed by atoms with E-state index >= 15 is 0 Å². The number of aromatic nitrogens is 1. The van der Waals surface area contributed by atoms with Crippen molar-refractivity contribution in [2.45, 2.75) is 70.1 Å². The summed E-state index contributed by atoms with van der Waals surface area (Å²) >= 11 is 1.74. The van der Waals surface area contributed by atoms with Gasteiger partial charge in [0, 0.05) is 29.9 Å². The Kier molecular flexibility index (Phi) is 4.84. The molecule has 2 fully saturated rings. The maximum absolute atomic E-state index is 12.4. The maximum Gasteiger partial charge on any atom is 0.220 e. The fourth-order valence-corrected chi connectivity index (χ4v) is 5.49. The number of carbonyl (C=O) groups is 1. The average molecular weight is 370 g/mol. The number of nitrogens with one attached hydrogen (secondary N) is 1. The molecule has 0 saturated carbocycles. The summed E-state index contributed by atoms with van der Waals surface area (Å²) in [5.41, 5.74) is 4.25. The van der Waals surface area contributed by atoms with E-state index in [1.807, 2.05) is 5.51 Å². The van der Waals surface area contributed by atoms with Crippen molar-refractivity contribution in [3.05, 3.63) is 52.0 Å². The number of aryl methyl sites for hydroxylation is 1. The first kappa shape index (κ1) is 17.7. The van der Waals surface area contributed by atoms with Gasteiger partial charge >= 0.3 is 0 Å². The Balaban J connectivity index is 1.71. The molecule has 138 valence electrons. The number of hydrogen-bond donors (Lipinski definition) is 1. The van der Waals surface area contributed by atoms with E-state index in [1.54, 1.807) is 11.3 Å². The molecule has 4 nitrogen and oxygen atoms in total. The standard InChI is InChI=1S/C21H27N3OS/c1-15-18(26-14-22-15)13-24-17(16-8-4-3-5-9-16)12-21(2)19(24)10-6-7-11-20(25)23-21/h3-5,8-9,14,17,19H,6-7,10-13H2,1-2H3,(H,23,25)/t17-,19-,21-/m0/s1. The molecular weight excluding hydrogens is 342 g/mol. The predicted octanol–water partition coefficient (Wildman–Crippen LogP) is 4.22. The zero-order valence-electron chi connectivity index (χ0n) is 15.6. The molecule has 5 heteroatoms. The third-order valence-corrected chi connectivity index (χ3v) is 6.99. The highest BCUT2D eigenvalue weighted by Gasteiger charge is 2.50. The highest BCUT2D eigenvalue weighted by molar-refractivity contribution is 7.09. The Morgan fingerprint density at radius 2 is 2.12 bits per heavy atom. The minimum absolute atomic E-state index is 0.170. The summed E-state index contributed by atoms with van der Waals surface area (Å²) in [7, 11) is 0. The van der Waals surface area contributed by atoms with Crippen molar-refractivity contribution in [1.82, 2.24) is 15.2 Å². The highest BCUT2D eigenvalue weighted by atomic mass is 32.1. The van der Waals surface area contributed by atoms with Gasteiger partial charge in [-0.05, 0) is 38.7 Å². The highest BCUT2D eigenvalue weighted by Crippen LogP contribution is 2.46. The second kappa shape index (κ2) is 7.12. The van der Waals surface area contributed by atoms with Gasteiger partial charge in [-0.15, -0.1) is 11.3 Å². The second-order valence-corrected chi connectivity index (χ2v) is 8.83. The molecule has 2 aromatic rings. The van der Waals surface area contributed by atoms with Crippen LogP contribution in [0, 0.1) is 6.92 Å². The summed E-state index contributed by atoms with van der Waals surface area (Å²) in [6.45, 7) is 5.25. The molecule has 0 bridgehead atoms. The van der Waals surface area contributed by atoms with Crippen LogP contribution in [-0.4, -0.2) is 27.4 Å².